The molecule has 0 bridgehead atoms. The predicted molar refractivity (Wildman–Crippen MR) is 121 cm³/mol. The first-order chi connectivity index (χ1) is 14.9. The first-order valence-electron chi connectivity index (χ1n) is 10.3. The molecule has 0 atom stereocenters. The van der Waals surface area contributed by atoms with Crippen LogP contribution in [0.15, 0.2) is 53.3 Å². The Morgan fingerprint density at radius 1 is 1.13 bits per heavy atom. The highest BCUT2D eigenvalue weighted by Gasteiger charge is 2.22. The fraction of sp³-hybridized carbons (Fsp3) is 0.292. The van der Waals surface area contributed by atoms with Crippen LogP contribution >= 0.6 is 0 Å². The second-order valence-corrected chi connectivity index (χ2v) is 7.81. The van der Waals surface area contributed by atoms with Crippen molar-refractivity contribution >= 4 is 17.5 Å². The summed E-state index contributed by atoms with van der Waals surface area (Å²) >= 11 is 0. The summed E-state index contributed by atoms with van der Waals surface area (Å²) in [7, 11) is 1.56. The minimum absolute atomic E-state index is 0.128. The Balaban J connectivity index is 1.61. The third-order valence-electron chi connectivity index (χ3n) is 5.46. The summed E-state index contributed by atoms with van der Waals surface area (Å²) in [6.45, 7) is 5.00. The van der Waals surface area contributed by atoms with Crippen LogP contribution in [0.25, 0.3) is 0 Å². The molecule has 0 saturated carbocycles. The van der Waals surface area contributed by atoms with Crippen molar-refractivity contribution in [3.05, 3.63) is 81.3 Å². The second-order valence-electron chi connectivity index (χ2n) is 7.81. The Morgan fingerprint density at radius 2 is 1.90 bits per heavy atom. The highest BCUT2D eigenvalue weighted by molar-refractivity contribution is 5.92. The lowest BCUT2D eigenvalue weighted by Crippen LogP contribution is -2.38. The average Bonchev–Trinajstić information content (AvgIpc) is 2.75. The van der Waals surface area contributed by atoms with Crippen molar-refractivity contribution in [3.8, 4) is 5.75 Å². The van der Waals surface area contributed by atoms with Gasteiger partial charge >= 0.3 is 0 Å². The van der Waals surface area contributed by atoms with Crippen LogP contribution in [0.2, 0.25) is 0 Å². The number of methoxy groups -OCH3 is 1. The number of aromatic nitrogens is 2. The molecule has 1 aromatic heterocycles. The lowest BCUT2D eigenvalue weighted by Gasteiger charge is -2.31. The minimum Gasteiger partial charge on any atom is -0.495 e. The average molecular weight is 418 g/mol. The molecule has 31 heavy (non-hydrogen) atoms. The maximum Gasteiger partial charge on any atom is 0.255 e. The Kier molecular flexibility index (Phi) is 5.75. The van der Waals surface area contributed by atoms with Crippen LogP contribution in [0.3, 0.4) is 0 Å². The molecular formula is C24H26N4O3. The maximum absolute atomic E-state index is 12.9. The van der Waals surface area contributed by atoms with E-state index in [4.69, 9.17) is 4.74 Å². The minimum atomic E-state index is -0.310. The lowest BCUT2D eigenvalue weighted by molar-refractivity contribution is -0.116. The van der Waals surface area contributed by atoms with Crippen molar-refractivity contribution in [1.82, 2.24) is 9.55 Å². The van der Waals surface area contributed by atoms with Gasteiger partial charge in [-0.2, -0.15) is 0 Å². The standard InChI is InChI=1S/C24H26N4O3/c1-16-8-9-21(31-3)20(12-16)26-22(29)15-28-23(30)13-17(2)25-24(28)27-11-10-18-6-4-5-7-19(18)14-27/h4-9,12-13H,10-11,14-15H2,1-3H3,(H,26,29). The van der Waals surface area contributed by atoms with E-state index >= 15 is 0 Å². The van der Waals surface area contributed by atoms with E-state index in [0.29, 0.717) is 29.6 Å². The molecule has 1 N–H and O–H groups in total. The number of fused-ring (bicyclic) bond motifs is 1. The number of hydrogen-bond donors (Lipinski definition) is 1. The summed E-state index contributed by atoms with van der Waals surface area (Å²) in [5.41, 5.74) is 4.49. The molecule has 0 aliphatic carbocycles. The van der Waals surface area contributed by atoms with Gasteiger partial charge in [0.25, 0.3) is 5.56 Å². The molecule has 0 unspecified atom stereocenters. The van der Waals surface area contributed by atoms with Gasteiger partial charge in [-0.1, -0.05) is 30.3 Å². The molecule has 2 aromatic carbocycles. The number of nitrogens with zero attached hydrogens (tertiary/aromatic N) is 3. The smallest absolute Gasteiger partial charge is 0.255 e. The summed E-state index contributed by atoms with van der Waals surface area (Å²) < 4.78 is 6.78. The molecule has 0 spiro atoms. The zero-order valence-corrected chi connectivity index (χ0v) is 18.0. The third kappa shape index (κ3) is 4.45. The quantitative estimate of drug-likeness (QED) is 0.689. The molecule has 7 nitrogen and oxygen atoms in total. The highest BCUT2D eigenvalue weighted by Crippen LogP contribution is 2.26. The first kappa shape index (κ1) is 20.7. The number of anilines is 2. The largest absolute Gasteiger partial charge is 0.495 e. The van der Waals surface area contributed by atoms with E-state index in [-0.39, 0.29) is 18.0 Å². The zero-order valence-electron chi connectivity index (χ0n) is 18.0. The molecule has 1 amide bonds. The molecule has 3 aromatic rings. The molecule has 1 aliphatic heterocycles. The van der Waals surface area contributed by atoms with Crippen molar-refractivity contribution in [2.75, 3.05) is 23.9 Å². The van der Waals surface area contributed by atoms with E-state index in [0.717, 1.165) is 18.5 Å². The van der Waals surface area contributed by atoms with Gasteiger partial charge in [0, 0.05) is 24.8 Å². The number of hydrogen-bond acceptors (Lipinski definition) is 5. The second kappa shape index (κ2) is 8.63. The summed E-state index contributed by atoms with van der Waals surface area (Å²) in [5.74, 6) is 0.780. The van der Waals surface area contributed by atoms with Crippen LogP contribution in [0.4, 0.5) is 11.6 Å². The number of carbonyl (C=O) groups excluding carboxylic acids is 1. The zero-order chi connectivity index (χ0) is 22.0. The van der Waals surface area contributed by atoms with Gasteiger partial charge in [-0.3, -0.25) is 14.2 Å². The van der Waals surface area contributed by atoms with Crippen molar-refractivity contribution in [1.29, 1.82) is 0 Å². The van der Waals surface area contributed by atoms with Gasteiger partial charge in [0.2, 0.25) is 11.9 Å². The van der Waals surface area contributed by atoms with Crippen LogP contribution in [-0.2, 0) is 24.3 Å². The van der Waals surface area contributed by atoms with Crippen molar-refractivity contribution in [3.63, 3.8) is 0 Å². The number of carbonyl (C=O) groups is 1. The van der Waals surface area contributed by atoms with E-state index in [1.807, 2.05) is 31.2 Å². The summed E-state index contributed by atoms with van der Waals surface area (Å²) in [6, 6.07) is 15.3. The van der Waals surface area contributed by atoms with Crippen molar-refractivity contribution in [2.24, 2.45) is 0 Å². The van der Waals surface area contributed by atoms with Crippen LogP contribution in [0, 0.1) is 13.8 Å². The van der Waals surface area contributed by atoms with Gasteiger partial charge in [-0.25, -0.2) is 4.98 Å². The molecule has 7 heteroatoms. The molecule has 0 saturated heterocycles. The van der Waals surface area contributed by atoms with E-state index in [9.17, 15) is 9.59 Å². The van der Waals surface area contributed by atoms with Crippen molar-refractivity contribution < 1.29 is 9.53 Å². The summed E-state index contributed by atoms with van der Waals surface area (Å²) in [5, 5.41) is 2.87. The highest BCUT2D eigenvalue weighted by atomic mass is 16.5. The number of aryl methyl sites for hydroxylation is 2. The van der Waals surface area contributed by atoms with Crippen LogP contribution in [0.5, 0.6) is 5.75 Å². The first-order valence-corrected chi connectivity index (χ1v) is 10.3. The van der Waals surface area contributed by atoms with Gasteiger partial charge < -0.3 is 15.0 Å². The van der Waals surface area contributed by atoms with Crippen LogP contribution < -0.4 is 20.5 Å². The van der Waals surface area contributed by atoms with Gasteiger partial charge in [0.15, 0.2) is 0 Å². The van der Waals surface area contributed by atoms with Crippen LogP contribution in [-0.4, -0.2) is 29.1 Å². The van der Waals surface area contributed by atoms with Gasteiger partial charge in [-0.05, 0) is 49.1 Å². The van der Waals surface area contributed by atoms with Gasteiger partial charge in [-0.15, -0.1) is 0 Å². The topological polar surface area (TPSA) is 76.5 Å². The lowest BCUT2D eigenvalue weighted by atomic mass is 10.0. The molecule has 2 heterocycles. The van der Waals surface area contributed by atoms with E-state index in [1.54, 1.807) is 20.1 Å². The molecule has 1 aliphatic rings. The Morgan fingerprint density at radius 3 is 2.68 bits per heavy atom. The van der Waals surface area contributed by atoms with Crippen molar-refractivity contribution in [2.45, 2.75) is 33.4 Å². The predicted octanol–water partition coefficient (Wildman–Crippen LogP) is 3.07. The molecule has 4 rings (SSSR count). The normalized spacial score (nSPS) is 12.9. The van der Waals surface area contributed by atoms with E-state index in [2.05, 4.69) is 27.3 Å². The molecule has 0 radical (unpaired) electrons. The fourth-order valence-electron chi connectivity index (χ4n) is 3.91. The molecule has 0 fully saturated rings. The Bertz CT molecular complexity index is 1190. The molecule has 160 valence electrons. The molecular weight excluding hydrogens is 392 g/mol. The summed E-state index contributed by atoms with van der Waals surface area (Å²) in [6.07, 6.45) is 0.868. The van der Waals surface area contributed by atoms with Gasteiger partial charge in [0.05, 0.1) is 12.8 Å². The number of amides is 1. The number of nitrogens with one attached hydrogen (secondary N) is 1. The summed E-state index contributed by atoms with van der Waals surface area (Å²) in [4.78, 5) is 32.4. The van der Waals surface area contributed by atoms with Crippen LogP contribution in [0.1, 0.15) is 22.4 Å². The SMILES string of the molecule is COc1ccc(C)cc1NC(=O)Cn1c(N2CCc3ccccc3C2)nc(C)cc1=O. The van der Waals surface area contributed by atoms with Gasteiger partial charge in [0.1, 0.15) is 12.3 Å². The Hall–Kier alpha value is -3.61. The van der Waals surface area contributed by atoms with E-state index in [1.165, 1.54) is 21.8 Å². The number of ether oxygens (including phenoxy) is 1. The number of benzene rings is 2. The van der Waals surface area contributed by atoms with E-state index < -0.39 is 0 Å². The third-order valence-corrected chi connectivity index (χ3v) is 5.46. The monoisotopic (exact) mass is 418 g/mol. The Labute approximate surface area is 181 Å². The maximum atomic E-state index is 12.9. The fourth-order valence-corrected chi connectivity index (χ4v) is 3.91. The number of rotatable bonds is 5.